The molecular weight excluding hydrogens is 226 g/mol. The van der Waals surface area contributed by atoms with Gasteiger partial charge in [0.05, 0.1) is 24.2 Å². The van der Waals surface area contributed by atoms with Crippen LogP contribution in [-0.2, 0) is 0 Å². The van der Waals surface area contributed by atoms with E-state index >= 15 is 0 Å². The van der Waals surface area contributed by atoms with Crippen LogP contribution in [-0.4, -0.2) is 23.8 Å². The van der Waals surface area contributed by atoms with E-state index in [0.717, 1.165) is 22.9 Å². The first-order valence-corrected chi connectivity index (χ1v) is 6.31. The molecule has 0 bridgehead atoms. The third-order valence-electron chi connectivity index (χ3n) is 3.40. The summed E-state index contributed by atoms with van der Waals surface area (Å²) in [4.78, 5) is 7.71. The van der Waals surface area contributed by atoms with Crippen LogP contribution in [0.15, 0.2) is 41.3 Å². The molecule has 0 unspecified atom stereocenters. The van der Waals surface area contributed by atoms with Crippen LogP contribution < -0.4 is 10.1 Å². The Balaban J connectivity index is 1.69. The van der Waals surface area contributed by atoms with Crippen LogP contribution in [0.2, 0.25) is 0 Å². The first-order chi connectivity index (χ1) is 8.85. The van der Waals surface area contributed by atoms with Gasteiger partial charge in [0.2, 0.25) is 0 Å². The van der Waals surface area contributed by atoms with Crippen molar-refractivity contribution in [3.63, 3.8) is 0 Å². The van der Waals surface area contributed by atoms with Gasteiger partial charge in [0.15, 0.2) is 0 Å². The van der Waals surface area contributed by atoms with Gasteiger partial charge in [0.1, 0.15) is 5.75 Å². The average molecular weight is 243 g/mol. The van der Waals surface area contributed by atoms with E-state index in [0.29, 0.717) is 6.04 Å². The van der Waals surface area contributed by atoms with Gasteiger partial charge in [-0.05, 0) is 31.4 Å². The van der Waals surface area contributed by atoms with E-state index in [2.05, 4.69) is 15.3 Å². The van der Waals surface area contributed by atoms with E-state index in [1.807, 2.05) is 30.6 Å². The Labute approximate surface area is 106 Å². The quantitative estimate of drug-likeness (QED) is 0.853. The minimum atomic E-state index is 0.649. The predicted octanol–water partition coefficient (Wildman–Crippen LogP) is 2.37. The van der Waals surface area contributed by atoms with Gasteiger partial charge in [0.25, 0.3) is 0 Å². The number of nitrogens with one attached hydrogen (secondary N) is 2. The maximum Gasteiger partial charge on any atom is 0.136 e. The predicted molar refractivity (Wildman–Crippen MR) is 71.9 cm³/mol. The summed E-state index contributed by atoms with van der Waals surface area (Å²) in [6, 6.07) is 2.60. The van der Waals surface area contributed by atoms with Crippen LogP contribution in [0.25, 0.3) is 0 Å². The van der Waals surface area contributed by atoms with Gasteiger partial charge >= 0.3 is 0 Å². The van der Waals surface area contributed by atoms with Gasteiger partial charge in [0, 0.05) is 24.5 Å². The number of ether oxygens (including phenoxy) is 1. The van der Waals surface area contributed by atoms with Gasteiger partial charge in [-0.15, -0.1) is 0 Å². The Hall–Kier alpha value is -1.97. The van der Waals surface area contributed by atoms with Crippen LogP contribution in [0.3, 0.4) is 0 Å². The second-order valence-corrected chi connectivity index (χ2v) is 4.65. The van der Waals surface area contributed by atoms with Crippen LogP contribution in [0.1, 0.15) is 25.0 Å². The molecule has 1 fully saturated rings. The lowest BCUT2D eigenvalue weighted by atomic mass is 9.93. The molecule has 0 saturated heterocycles. The van der Waals surface area contributed by atoms with Crippen molar-refractivity contribution in [3.8, 4) is 5.75 Å². The largest absolute Gasteiger partial charge is 0.495 e. The van der Waals surface area contributed by atoms with Crippen molar-refractivity contribution in [2.24, 2.45) is 4.99 Å². The van der Waals surface area contributed by atoms with Crippen molar-refractivity contribution in [2.45, 2.75) is 25.3 Å². The molecule has 1 saturated carbocycles. The summed E-state index contributed by atoms with van der Waals surface area (Å²) in [6.45, 7) is 0. The molecule has 0 radical (unpaired) electrons. The lowest BCUT2D eigenvalue weighted by Gasteiger charge is -2.25. The molecule has 2 aliphatic rings. The SMILES string of the molecule is COc1c[nH]c(C2=N/C(=C/NC3CCC3)C=C2)c1. The molecule has 1 aliphatic carbocycles. The second kappa shape index (κ2) is 4.72. The first kappa shape index (κ1) is 11.1. The summed E-state index contributed by atoms with van der Waals surface area (Å²) in [7, 11) is 1.66. The molecule has 3 rings (SSSR count). The van der Waals surface area contributed by atoms with Gasteiger partial charge in [-0.25, -0.2) is 4.99 Å². The maximum atomic E-state index is 5.15. The number of nitrogens with zero attached hydrogens (tertiary/aromatic N) is 1. The fourth-order valence-electron chi connectivity index (χ4n) is 2.03. The van der Waals surface area contributed by atoms with E-state index in [-0.39, 0.29) is 0 Å². The molecule has 94 valence electrons. The highest BCUT2D eigenvalue weighted by Crippen LogP contribution is 2.20. The molecule has 18 heavy (non-hydrogen) atoms. The first-order valence-electron chi connectivity index (χ1n) is 6.31. The Morgan fingerprint density at radius 1 is 1.44 bits per heavy atom. The Morgan fingerprint density at radius 3 is 3.00 bits per heavy atom. The summed E-state index contributed by atoms with van der Waals surface area (Å²) < 4.78 is 5.15. The molecule has 0 atom stereocenters. The fraction of sp³-hybridized carbons (Fsp3) is 0.357. The molecule has 1 aromatic heterocycles. The molecule has 1 aromatic rings. The lowest BCUT2D eigenvalue weighted by Crippen LogP contribution is -2.31. The summed E-state index contributed by atoms with van der Waals surface area (Å²) >= 11 is 0. The van der Waals surface area contributed by atoms with Crippen LogP contribution in [0, 0.1) is 0 Å². The minimum absolute atomic E-state index is 0.649. The van der Waals surface area contributed by atoms with E-state index in [4.69, 9.17) is 4.74 Å². The van der Waals surface area contributed by atoms with Gasteiger partial charge in [-0.3, -0.25) is 0 Å². The number of methoxy groups -OCH3 is 1. The number of hydrogen-bond donors (Lipinski definition) is 2. The molecule has 0 aromatic carbocycles. The van der Waals surface area contributed by atoms with E-state index in [1.54, 1.807) is 7.11 Å². The number of H-pyrrole nitrogens is 1. The summed E-state index contributed by atoms with van der Waals surface area (Å²) in [5, 5.41) is 3.39. The van der Waals surface area contributed by atoms with Crippen molar-refractivity contribution in [2.75, 3.05) is 7.11 Å². The highest BCUT2D eigenvalue weighted by molar-refractivity contribution is 6.10. The molecule has 4 heteroatoms. The lowest BCUT2D eigenvalue weighted by molar-refractivity contribution is 0.372. The summed E-state index contributed by atoms with van der Waals surface area (Å²) in [5.41, 5.74) is 2.90. The molecule has 1 aliphatic heterocycles. The van der Waals surface area contributed by atoms with Crippen molar-refractivity contribution >= 4 is 5.71 Å². The van der Waals surface area contributed by atoms with Crippen LogP contribution >= 0.6 is 0 Å². The van der Waals surface area contributed by atoms with Crippen molar-refractivity contribution in [1.82, 2.24) is 10.3 Å². The Bertz CT molecular complexity index is 521. The smallest absolute Gasteiger partial charge is 0.136 e. The van der Waals surface area contributed by atoms with Crippen LogP contribution in [0.4, 0.5) is 0 Å². The third-order valence-corrected chi connectivity index (χ3v) is 3.40. The zero-order chi connectivity index (χ0) is 12.4. The number of aromatic nitrogens is 1. The number of allylic oxidation sites excluding steroid dienone is 2. The average Bonchev–Trinajstić information content (AvgIpc) is 2.94. The van der Waals surface area contributed by atoms with Gasteiger partial charge in [-0.2, -0.15) is 0 Å². The van der Waals surface area contributed by atoms with Gasteiger partial charge < -0.3 is 15.0 Å². The van der Waals surface area contributed by atoms with Crippen molar-refractivity contribution < 1.29 is 4.74 Å². The molecule has 0 amide bonds. The molecule has 0 spiro atoms. The van der Waals surface area contributed by atoms with E-state index in [9.17, 15) is 0 Å². The molecule has 4 nitrogen and oxygen atoms in total. The monoisotopic (exact) mass is 243 g/mol. The van der Waals surface area contributed by atoms with Gasteiger partial charge in [-0.1, -0.05) is 0 Å². The standard InChI is InChI=1S/C14H17N3O/c1-18-12-7-14(16-9-12)13-6-5-11(17-13)8-15-10-3-2-4-10/h5-10,15-16H,2-4H2,1H3/b11-8+. The number of aliphatic imine (C=N–C) groups is 1. The van der Waals surface area contributed by atoms with E-state index in [1.165, 1.54) is 19.3 Å². The van der Waals surface area contributed by atoms with Crippen LogP contribution in [0.5, 0.6) is 5.75 Å². The molecular formula is C14H17N3O. The third kappa shape index (κ3) is 2.18. The highest BCUT2D eigenvalue weighted by Gasteiger charge is 2.15. The Morgan fingerprint density at radius 2 is 2.33 bits per heavy atom. The molecule has 2 N–H and O–H groups in total. The fourth-order valence-corrected chi connectivity index (χ4v) is 2.03. The number of aromatic amines is 1. The topological polar surface area (TPSA) is 49.4 Å². The molecule has 2 heterocycles. The number of hydrogen-bond acceptors (Lipinski definition) is 3. The summed E-state index contributed by atoms with van der Waals surface area (Å²) in [6.07, 6.45) is 11.8. The zero-order valence-corrected chi connectivity index (χ0v) is 10.4. The Kier molecular flexibility index (Phi) is 2.92. The van der Waals surface area contributed by atoms with Crippen molar-refractivity contribution in [1.29, 1.82) is 0 Å². The highest BCUT2D eigenvalue weighted by atomic mass is 16.5. The zero-order valence-electron chi connectivity index (χ0n) is 10.4. The normalized spacial score (nSPS) is 20.9. The maximum absolute atomic E-state index is 5.15. The summed E-state index contributed by atoms with van der Waals surface area (Å²) in [5.74, 6) is 0.825. The minimum Gasteiger partial charge on any atom is -0.495 e. The van der Waals surface area contributed by atoms with E-state index < -0.39 is 0 Å². The van der Waals surface area contributed by atoms with Crippen molar-refractivity contribution in [3.05, 3.63) is 42.0 Å². The second-order valence-electron chi connectivity index (χ2n) is 4.65. The number of rotatable bonds is 4.